The molecule has 1 rings (SSSR count). The third-order valence-electron chi connectivity index (χ3n) is 2.23. The van der Waals surface area contributed by atoms with Crippen molar-refractivity contribution in [3.05, 3.63) is 34.6 Å². The molecule has 1 unspecified atom stereocenters. The minimum Gasteiger partial charge on any atom is -0.481 e. The van der Waals surface area contributed by atoms with Gasteiger partial charge in [0.15, 0.2) is 0 Å². The van der Waals surface area contributed by atoms with E-state index < -0.39 is 11.8 Å². The van der Waals surface area contributed by atoms with E-state index in [-0.39, 0.29) is 17.5 Å². The van der Waals surface area contributed by atoms with Crippen molar-refractivity contribution in [3.8, 4) is 0 Å². The van der Waals surface area contributed by atoms with E-state index in [2.05, 4.69) is 5.32 Å². The molecule has 1 aromatic carbocycles. The van der Waals surface area contributed by atoms with Crippen LogP contribution in [0.15, 0.2) is 18.2 Å². The van der Waals surface area contributed by atoms with E-state index in [0.717, 1.165) is 5.56 Å². The fourth-order valence-electron chi connectivity index (χ4n) is 1.30. The molecule has 0 fully saturated rings. The summed E-state index contributed by atoms with van der Waals surface area (Å²) in [6.07, 6.45) is 0.0548. The molecule has 0 aromatic heterocycles. The molecule has 0 aliphatic carbocycles. The van der Waals surface area contributed by atoms with E-state index in [1.165, 1.54) is 12.1 Å². The molecule has 0 amide bonds. The van der Waals surface area contributed by atoms with Crippen molar-refractivity contribution in [2.24, 2.45) is 0 Å². The first-order valence-corrected chi connectivity index (χ1v) is 5.28. The number of hydrogen-bond donors (Lipinski definition) is 2. The van der Waals surface area contributed by atoms with Crippen LogP contribution in [0.4, 0.5) is 4.39 Å². The van der Waals surface area contributed by atoms with Crippen LogP contribution in [0.25, 0.3) is 0 Å². The van der Waals surface area contributed by atoms with Crippen LogP contribution < -0.4 is 5.32 Å². The lowest BCUT2D eigenvalue weighted by atomic mass is 10.1. The van der Waals surface area contributed by atoms with Gasteiger partial charge in [0.1, 0.15) is 5.82 Å². The summed E-state index contributed by atoms with van der Waals surface area (Å²) >= 11 is 5.65. The number of hydrogen-bond acceptors (Lipinski definition) is 2. The van der Waals surface area contributed by atoms with E-state index in [4.69, 9.17) is 16.7 Å². The van der Waals surface area contributed by atoms with Crippen molar-refractivity contribution in [1.82, 2.24) is 5.32 Å². The first kappa shape index (κ1) is 12.9. The molecule has 0 bridgehead atoms. The normalized spacial score (nSPS) is 12.4. The Morgan fingerprint density at radius 2 is 2.31 bits per heavy atom. The lowest BCUT2D eigenvalue weighted by Crippen LogP contribution is -2.21. The van der Waals surface area contributed by atoms with Gasteiger partial charge in [0.25, 0.3) is 0 Å². The van der Waals surface area contributed by atoms with Crippen molar-refractivity contribution < 1.29 is 14.3 Å². The molecule has 0 saturated carbocycles. The molecule has 2 N–H and O–H groups in total. The smallest absolute Gasteiger partial charge is 0.304 e. The topological polar surface area (TPSA) is 49.3 Å². The predicted octanol–water partition coefficient (Wildman–Crippen LogP) is 2.60. The van der Waals surface area contributed by atoms with Gasteiger partial charge in [0.05, 0.1) is 11.4 Å². The molecule has 0 saturated heterocycles. The fourth-order valence-corrected chi connectivity index (χ4v) is 1.48. The molecule has 1 aromatic rings. The fraction of sp³-hybridized carbons (Fsp3) is 0.364. The van der Waals surface area contributed by atoms with Crippen LogP contribution in [0, 0.1) is 5.82 Å². The highest BCUT2D eigenvalue weighted by molar-refractivity contribution is 6.30. The van der Waals surface area contributed by atoms with E-state index in [9.17, 15) is 9.18 Å². The number of carboxylic acid groups (broad SMARTS) is 1. The molecular formula is C11H13ClFNO2. The molecule has 0 heterocycles. The van der Waals surface area contributed by atoms with Crippen LogP contribution in [0.3, 0.4) is 0 Å². The first-order valence-electron chi connectivity index (χ1n) is 4.91. The highest BCUT2D eigenvalue weighted by atomic mass is 35.5. The van der Waals surface area contributed by atoms with E-state index in [1.807, 2.05) is 6.92 Å². The molecule has 0 radical (unpaired) electrons. The third kappa shape index (κ3) is 3.79. The summed E-state index contributed by atoms with van der Waals surface area (Å²) in [4.78, 5) is 10.3. The van der Waals surface area contributed by atoms with Gasteiger partial charge in [-0.05, 0) is 24.6 Å². The minimum atomic E-state index is -0.850. The average molecular weight is 246 g/mol. The second-order valence-electron chi connectivity index (χ2n) is 3.49. The number of halogens is 2. The van der Waals surface area contributed by atoms with Crippen molar-refractivity contribution in [3.63, 3.8) is 0 Å². The van der Waals surface area contributed by atoms with Crippen LogP contribution in [0.2, 0.25) is 5.02 Å². The number of aliphatic carboxylic acids is 1. The Balaban J connectivity index is 2.55. The highest BCUT2D eigenvalue weighted by Crippen LogP contribution is 2.20. The molecular weight excluding hydrogens is 233 g/mol. The maximum atomic E-state index is 12.9. The monoisotopic (exact) mass is 245 g/mol. The summed E-state index contributed by atoms with van der Waals surface area (Å²) in [5, 5.41) is 11.6. The standard InChI is InChI=1S/C11H13ClFNO2/c1-7(14-5-4-11(15)16)8-2-3-10(13)9(12)6-8/h2-3,6-7,14H,4-5H2,1H3,(H,15,16). The number of rotatable bonds is 5. The summed E-state index contributed by atoms with van der Waals surface area (Å²) in [6.45, 7) is 2.23. The summed E-state index contributed by atoms with van der Waals surface area (Å²) in [5.41, 5.74) is 0.830. The highest BCUT2D eigenvalue weighted by Gasteiger charge is 2.08. The zero-order chi connectivity index (χ0) is 12.1. The van der Waals surface area contributed by atoms with Crippen LogP contribution in [0.5, 0.6) is 0 Å². The SMILES string of the molecule is CC(NCCC(=O)O)c1ccc(F)c(Cl)c1. The summed E-state index contributed by atoms with van der Waals surface area (Å²) in [5.74, 6) is -1.31. The Bertz CT molecular complexity index is 384. The maximum Gasteiger partial charge on any atom is 0.304 e. The summed E-state index contributed by atoms with van der Waals surface area (Å²) in [6, 6.07) is 4.40. The lowest BCUT2D eigenvalue weighted by molar-refractivity contribution is -0.136. The Kier molecular flexibility index (Phi) is 4.71. The molecule has 0 spiro atoms. The zero-order valence-electron chi connectivity index (χ0n) is 8.84. The van der Waals surface area contributed by atoms with Crippen LogP contribution in [0.1, 0.15) is 24.9 Å². The molecule has 0 aliphatic rings. The number of nitrogens with one attached hydrogen (secondary N) is 1. The van der Waals surface area contributed by atoms with Gasteiger partial charge in [0.2, 0.25) is 0 Å². The van der Waals surface area contributed by atoms with Gasteiger partial charge < -0.3 is 10.4 Å². The van der Waals surface area contributed by atoms with Gasteiger partial charge in [-0.2, -0.15) is 0 Å². The second-order valence-corrected chi connectivity index (χ2v) is 3.90. The second kappa shape index (κ2) is 5.82. The van der Waals surface area contributed by atoms with Gasteiger partial charge in [-0.15, -0.1) is 0 Å². The van der Waals surface area contributed by atoms with Crippen molar-refractivity contribution in [1.29, 1.82) is 0 Å². The van der Waals surface area contributed by atoms with Gasteiger partial charge in [-0.1, -0.05) is 17.7 Å². The van der Waals surface area contributed by atoms with Gasteiger partial charge in [0, 0.05) is 12.6 Å². The van der Waals surface area contributed by atoms with E-state index >= 15 is 0 Å². The van der Waals surface area contributed by atoms with Crippen molar-refractivity contribution in [2.75, 3.05) is 6.54 Å². The van der Waals surface area contributed by atoms with Crippen LogP contribution >= 0.6 is 11.6 Å². The van der Waals surface area contributed by atoms with Crippen molar-refractivity contribution in [2.45, 2.75) is 19.4 Å². The quantitative estimate of drug-likeness (QED) is 0.838. The Morgan fingerprint density at radius 3 is 2.88 bits per heavy atom. The molecule has 1 atom stereocenters. The Morgan fingerprint density at radius 1 is 1.62 bits per heavy atom. The Hall–Kier alpha value is -1.13. The Labute approximate surface area is 98.2 Å². The summed E-state index contributed by atoms with van der Waals surface area (Å²) < 4.78 is 12.9. The zero-order valence-corrected chi connectivity index (χ0v) is 9.59. The molecule has 5 heteroatoms. The summed E-state index contributed by atoms with van der Waals surface area (Å²) in [7, 11) is 0. The van der Waals surface area contributed by atoms with E-state index in [1.54, 1.807) is 6.07 Å². The maximum absolute atomic E-state index is 12.9. The third-order valence-corrected chi connectivity index (χ3v) is 2.52. The first-order chi connectivity index (χ1) is 7.50. The molecule has 3 nitrogen and oxygen atoms in total. The molecule has 88 valence electrons. The number of carbonyl (C=O) groups is 1. The average Bonchev–Trinajstić information content (AvgIpc) is 2.21. The van der Waals surface area contributed by atoms with Gasteiger partial charge >= 0.3 is 5.97 Å². The molecule has 0 aliphatic heterocycles. The van der Waals surface area contributed by atoms with Gasteiger partial charge in [-0.3, -0.25) is 4.79 Å². The van der Waals surface area contributed by atoms with Gasteiger partial charge in [-0.25, -0.2) is 4.39 Å². The lowest BCUT2D eigenvalue weighted by Gasteiger charge is -2.13. The largest absolute Gasteiger partial charge is 0.481 e. The molecule has 16 heavy (non-hydrogen) atoms. The van der Waals surface area contributed by atoms with Crippen molar-refractivity contribution >= 4 is 17.6 Å². The number of benzene rings is 1. The number of carboxylic acids is 1. The minimum absolute atomic E-state index is 0.0548. The van der Waals surface area contributed by atoms with Crippen LogP contribution in [-0.2, 0) is 4.79 Å². The van der Waals surface area contributed by atoms with Crippen LogP contribution in [-0.4, -0.2) is 17.6 Å². The van der Waals surface area contributed by atoms with E-state index in [0.29, 0.717) is 6.54 Å². The predicted molar refractivity (Wildman–Crippen MR) is 60.1 cm³/mol.